The van der Waals surface area contributed by atoms with E-state index in [0.29, 0.717) is 10.7 Å². The molecule has 3 nitrogen and oxygen atoms in total. The molecule has 1 fully saturated rings. The van der Waals surface area contributed by atoms with Crippen LogP contribution in [0.2, 0.25) is 5.02 Å². The van der Waals surface area contributed by atoms with Crippen molar-refractivity contribution in [3.8, 4) is 0 Å². The minimum atomic E-state index is -0.244. The van der Waals surface area contributed by atoms with Crippen LogP contribution >= 0.6 is 23.4 Å². The van der Waals surface area contributed by atoms with Crippen molar-refractivity contribution in [2.45, 2.75) is 18.6 Å². The number of halogens is 1. The molecular formula is C12H12ClNO2S. The van der Waals surface area contributed by atoms with E-state index in [1.165, 1.54) is 16.7 Å². The molecule has 5 heteroatoms. The van der Waals surface area contributed by atoms with Crippen molar-refractivity contribution in [2.75, 3.05) is 10.7 Å². The van der Waals surface area contributed by atoms with Gasteiger partial charge in [0.05, 0.1) is 10.9 Å². The first kappa shape index (κ1) is 12.5. The SMILES string of the molecule is CCSC1CC(=O)N(c2cccc(Cl)c2)C1=O. The largest absolute Gasteiger partial charge is 0.274 e. The van der Waals surface area contributed by atoms with Crippen LogP contribution in [-0.4, -0.2) is 22.8 Å². The average Bonchev–Trinajstić information content (AvgIpc) is 2.55. The van der Waals surface area contributed by atoms with Gasteiger partial charge in [0.2, 0.25) is 11.8 Å². The van der Waals surface area contributed by atoms with E-state index in [9.17, 15) is 9.59 Å². The second-order valence-corrected chi connectivity index (χ2v) is 5.61. The highest BCUT2D eigenvalue weighted by atomic mass is 35.5. The highest BCUT2D eigenvalue weighted by Crippen LogP contribution is 2.30. The van der Waals surface area contributed by atoms with Crippen molar-refractivity contribution in [3.05, 3.63) is 29.3 Å². The van der Waals surface area contributed by atoms with Crippen LogP contribution in [0.1, 0.15) is 13.3 Å². The second kappa shape index (κ2) is 5.10. The van der Waals surface area contributed by atoms with Crippen molar-refractivity contribution in [1.82, 2.24) is 0 Å². The number of imide groups is 1. The Labute approximate surface area is 109 Å². The van der Waals surface area contributed by atoms with Crippen LogP contribution in [0.3, 0.4) is 0 Å². The van der Waals surface area contributed by atoms with Gasteiger partial charge < -0.3 is 0 Å². The van der Waals surface area contributed by atoms with Crippen LogP contribution in [-0.2, 0) is 9.59 Å². The molecule has 0 aromatic heterocycles. The minimum Gasteiger partial charge on any atom is -0.274 e. The van der Waals surface area contributed by atoms with E-state index in [-0.39, 0.29) is 23.5 Å². The summed E-state index contributed by atoms with van der Waals surface area (Å²) >= 11 is 7.37. The number of hydrogen-bond acceptors (Lipinski definition) is 3. The van der Waals surface area contributed by atoms with Crippen molar-refractivity contribution in [1.29, 1.82) is 0 Å². The van der Waals surface area contributed by atoms with E-state index >= 15 is 0 Å². The fourth-order valence-electron chi connectivity index (χ4n) is 1.82. The molecule has 0 radical (unpaired) electrons. The first-order valence-electron chi connectivity index (χ1n) is 5.37. The molecule has 0 spiro atoms. The Hall–Kier alpha value is -1.00. The first-order chi connectivity index (χ1) is 8.13. The van der Waals surface area contributed by atoms with Gasteiger partial charge in [0.15, 0.2) is 0 Å². The normalized spacial score (nSPS) is 20.1. The summed E-state index contributed by atoms with van der Waals surface area (Å²) in [6.45, 7) is 1.98. The second-order valence-electron chi connectivity index (χ2n) is 3.70. The molecule has 1 heterocycles. The molecule has 17 heavy (non-hydrogen) atoms. The third-order valence-corrected chi connectivity index (χ3v) is 3.88. The van der Waals surface area contributed by atoms with Gasteiger partial charge in [0, 0.05) is 11.4 Å². The van der Waals surface area contributed by atoms with Crippen molar-refractivity contribution < 1.29 is 9.59 Å². The van der Waals surface area contributed by atoms with Gasteiger partial charge in [-0.2, -0.15) is 0 Å². The zero-order valence-corrected chi connectivity index (χ0v) is 10.9. The van der Waals surface area contributed by atoms with E-state index < -0.39 is 0 Å². The molecule has 2 amide bonds. The molecule has 1 aliphatic rings. The van der Waals surface area contributed by atoms with Gasteiger partial charge in [0.25, 0.3) is 0 Å². The number of benzene rings is 1. The summed E-state index contributed by atoms with van der Waals surface area (Å²) in [6.07, 6.45) is 0.282. The van der Waals surface area contributed by atoms with Crippen LogP contribution in [0.25, 0.3) is 0 Å². The fraction of sp³-hybridized carbons (Fsp3) is 0.333. The Balaban J connectivity index is 2.27. The summed E-state index contributed by atoms with van der Waals surface area (Å²) < 4.78 is 0. The number of anilines is 1. The zero-order valence-electron chi connectivity index (χ0n) is 9.35. The summed E-state index contributed by atoms with van der Waals surface area (Å²) in [5.74, 6) is 0.542. The molecule has 2 rings (SSSR count). The van der Waals surface area contributed by atoms with Crippen LogP contribution in [0.4, 0.5) is 5.69 Å². The molecule has 1 saturated heterocycles. The topological polar surface area (TPSA) is 37.4 Å². The maximum Gasteiger partial charge on any atom is 0.247 e. The van der Waals surface area contributed by atoms with E-state index in [1.807, 2.05) is 6.92 Å². The van der Waals surface area contributed by atoms with Crippen molar-refractivity contribution in [3.63, 3.8) is 0 Å². The third kappa shape index (κ3) is 2.48. The van der Waals surface area contributed by atoms with Gasteiger partial charge in [-0.25, -0.2) is 4.90 Å². The summed E-state index contributed by atoms with van der Waals surface area (Å²) in [7, 11) is 0. The van der Waals surface area contributed by atoms with Gasteiger partial charge in [-0.05, 0) is 24.0 Å². The summed E-state index contributed by atoms with van der Waals surface area (Å²) in [6, 6.07) is 6.81. The number of carbonyl (C=O) groups is 2. The quantitative estimate of drug-likeness (QED) is 0.792. The van der Waals surface area contributed by atoms with E-state index in [0.717, 1.165) is 5.75 Å². The molecule has 0 saturated carbocycles. The van der Waals surface area contributed by atoms with Gasteiger partial charge in [-0.15, -0.1) is 11.8 Å². The molecule has 0 bridgehead atoms. The van der Waals surface area contributed by atoms with Crippen molar-refractivity contribution >= 4 is 40.9 Å². The lowest BCUT2D eigenvalue weighted by Gasteiger charge is -2.14. The van der Waals surface area contributed by atoms with E-state index in [1.54, 1.807) is 24.3 Å². The van der Waals surface area contributed by atoms with Crippen LogP contribution in [0.15, 0.2) is 24.3 Å². The van der Waals surface area contributed by atoms with Crippen LogP contribution in [0, 0.1) is 0 Å². The van der Waals surface area contributed by atoms with E-state index in [2.05, 4.69) is 0 Å². The van der Waals surface area contributed by atoms with Crippen molar-refractivity contribution in [2.24, 2.45) is 0 Å². The Kier molecular flexibility index (Phi) is 3.74. The van der Waals surface area contributed by atoms with Gasteiger partial charge in [0.1, 0.15) is 0 Å². The lowest BCUT2D eigenvalue weighted by molar-refractivity contribution is -0.121. The Bertz CT molecular complexity index is 464. The summed E-state index contributed by atoms with van der Waals surface area (Å²) in [5, 5.41) is 0.279. The maximum absolute atomic E-state index is 12.1. The first-order valence-corrected chi connectivity index (χ1v) is 6.80. The molecule has 90 valence electrons. The summed E-state index contributed by atoms with van der Waals surface area (Å²) in [4.78, 5) is 25.1. The number of hydrogen-bond donors (Lipinski definition) is 0. The number of carbonyl (C=O) groups excluding carboxylic acids is 2. The molecule has 1 aromatic carbocycles. The van der Waals surface area contributed by atoms with Gasteiger partial charge in [-0.3, -0.25) is 9.59 Å². The van der Waals surface area contributed by atoms with Crippen LogP contribution in [0.5, 0.6) is 0 Å². The standard InChI is InChI=1S/C12H12ClNO2S/c1-2-17-10-7-11(15)14(12(10)16)9-5-3-4-8(13)6-9/h3-6,10H,2,7H2,1H3. The monoisotopic (exact) mass is 269 g/mol. The van der Waals surface area contributed by atoms with Gasteiger partial charge in [-0.1, -0.05) is 24.6 Å². The van der Waals surface area contributed by atoms with Gasteiger partial charge >= 0.3 is 0 Å². The lowest BCUT2D eigenvalue weighted by Crippen LogP contribution is -2.31. The molecule has 0 N–H and O–H groups in total. The Morgan fingerprint density at radius 2 is 2.24 bits per heavy atom. The molecule has 1 aromatic rings. The highest BCUT2D eigenvalue weighted by molar-refractivity contribution is 8.00. The predicted molar refractivity (Wildman–Crippen MR) is 70.5 cm³/mol. The maximum atomic E-state index is 12.1. The molecule has 1 atom stereocenters. The number of thioether (sulfide) groups is 1. The smallest absolute Gasteiger partial charge is 0.247 e. The predicted octanol–water partition coefficient (Wildman–Crippen LogP) is 2.73. The lowest BCUT2D eigenvalue weighted by atomic mass is 10.3. The Morgan fingerprint density at radius 3 is 2.88 bits per heavy atom. The molecule has 1 aliphatic heterocycles. The van der Waals surface area contributed by atoms with E-state index in [4.69, 9.17) is 11.6 Å². The average molecular weight is 270 g/mol. The highest BCUT2D eigenvalue weighted by Gasteiger charge is 2.39. The molecule has 0 aliphatic carbocycles. The molecular weight excluding hydrogens is 258 g/mol. The number of nitrogens with zero attached hydrogens (tertiary/aromatic N) is 1. The fourth-order valence-corrected chi connectivity index (χ4v) is 2.92. The number of amides is 2. The zero-order chi connectivity index (χ0) is 12.4. The minimum absolute atomic E-state index is 0.135. The molecule has 1 unspecified atom stereocenters. The number of rotatable bonds is 3. The third-order valence-electron chi connectivity index (χ3n) is 2.54. The van der Waals surface area contributed by atoms with Crippen LogP contribution < -0.4 is 4.90 Å². The summed E-state index contributed by atoms with van der Waals surface area (Å²) in [5.41, 5.74) is 0.562. The Morgan fingerprint density at radius 1 is 1.47 bits per heavy atom.